The Labute approximate surface area is 171 Å². The summed E-state index contributed by atoms with van der Waals surface area (Å²) in [6.07, 6.45) is 0.213. The highest BCUT2D eigenvalue weighted by atomic mass is 16.7. The molecule has 152 valence electrons. The van der Waals surface area contributed by atoms with Crippen LogP contribution in [0.1, 0.15) is 21.6 Å². The summed E-state index contributed by atoms with van der Waals surface area (Å²) in [4.78, 5) is 42.5. The third-order valence-corrected chi connectivity index (χ3v) is 5.47. The zero-order valence-electron chi connectivity index (χ0n) is 16.2. The quantitative estimate of drug-likeness (QED) is 0.643. The minimum Gasteiger partial charge on any atom is -0.454 e. The number of nitrogens with one attached hydrogen (secondary N) is 2. The van der Waals surface area contributed by atoms with Gasteiger partial charge in [0.2, 0.25) is 24.4 Å². The van der Waals surface area contributed by atoms with Crippen LogP contribution in [-0.4, -0.2) is 53.9 Å². The SMILES string of the molecule is CN1CC(=O)NC(Cc2c(C(=O)c3ccc4c(c3)OCO4)[nH]c3ccccc23)C1=O. The van der Waals surface area contributed by atoms with Crippen LogP contribution in [0.25, 0.3) is 10.9 Å². The Hall–Kier alpha value is -3.81. The highest BCUT2D eigenvalue weighted by molar-refractivity contribution is 6.12. The van der Waals surface area contributed by atoms with E-state index in [0.29, 0.717) is 28.3 Å². The summed E-state index contributed by atoms with van der Waals surface area (Å²) >= 11 is 0. The summed E-state index contributed by atoms with van der Waals surface area (Å²) in [6, 6.07) is 11.9. The number of rotatable bonds is 4. The molecule has 1 saturated heterocycles. The number of hydrogen-bond donors (Lipinski definition) is 2. The van der Waals surface area contributed by atoms with Gasteiger partial charge in [0.1, 0.15) is 6.04 Å². The number of H-pyrrole nitrogens is 1. The van der Waals surface area contributed by atoms with Crippen molar-refractivity contribution in [1.82, 2.24) is 15.2 Å². The van der Waals surface area contributed by atoms with E-state index in [1.54, 1.807) is 25.2 Å². The first-order chi connectivity index (χ1) is 14.5. The number of piperazine rings is 1. The molecule has 30 heavy (non-hydrogen) atoms. The van der Waals surface area contributed by atoms with Crippen LogP contribution < -0.4 is 14.8 Å². The summed E-state index contributed by atoms with van der Waals surface area (Å²) in [5, 5.41) is 3.59. The number of nitrogens with zero attached hydrogens (tertiary/aromatic N) is 1. The normalized spacial score (nSPS) is 18.0. The van der Waals surface area contributed by atoms with E-state index in [4.69, 9.17) is 9.47 Å². The van der Waals surface area contributed by atoms with Gasteiger partial charge in [-0.2, -0.15) is 0 Å². The molecule has 2 aromatic carbocycles. The van der Waals surface area contributed by atoms with E-state index in [1.807, 2.05) is 24.3 Å². The zero-order valence-corrected chi connectivity index (χ0v) is 16.2. The molecule has 0 radical (unpaired) electrons. The van der Waals surface area contributed by atoms with E-state index in [2.05, 4.69) is 10.3 Å². The van der Waals surface area contributed by atoms with Gasteiger partial charge >= 0.3 is 0 Å². The zero-order chi connectivity index (χ0) is 20.8. The van der Waals surface area contributed by atoms with Crippen molar-refractivity contribution in [2.75, 3.05) is 20.4 Å². The molecule has 3 heterocycles. The van der Waals surface area contributed by atoms with E-state index in [0.717, 1.165) is 10.9 Å². The van der Waals surface area contributed by atoms with E-state index < -0.39 is 6.04 Å². The molecule has 1 fully saturated rings. The lowest BCUT2D eigenvalue weighted by molar-refractivity contribution is -0.142. The molecule has 8 nitrogen and oxygen atoms in total. The fourth-order valence-corrected chi connectivity index (χ4v) is 3.99. The number of likely N-dealkylation sites (N-methyl/N-ethyl adjacent to an activating group) is 1. The van der Waals surface area contributed by atoms with E-state index in [1.165, 1.54) is 4.90 Å². The summed E-state index contributed by atoms with van der Waals surface area (Å²) in [7, 11) is 1.60. The van der Waals surface area contributed by atoms with Crippen molar-refractivity contribution in [3.8, 4) is 11.5 Å². The summed E-state index contributed by atoms with van der Waals surface area (Å²) in [6.45, 7) is 0.161. The Morgan fingerprint density at radius 1 is 1.13 bits per heavy atom. The third kappa shape index (κ3) is 2.97. The first-order valence-corrected chi connectivity index (χ1v) is 9.59. The number of benzene rings is 2. The highest BCUT2D eigenvalue weighted by Gasteiger charge is 2.33. The maximum Gasteiger partial charge on any atom is 0.245 e. The summed E-state index contributed by atoms with van der Waals surface area (Å²) in [5.74, 6) is 0.506. The van der Waals surface area contributed by atoms with Crippen LogP contribution in [-0.2, 0) is 16.0 Å². The number of carbonyl (C=O) groups excluding carboxylic acids is 3. The second kappa shape index (κ2) is 6.91. The van der Waals surface area contributed by atoms with Gasteiger partial charge in [-0.3, -0.25) is 14.4 Å². The van der Waals surface area contributed by atoms with Crippen molar-refractivity contribution in [2.24, 2.45) is 0 Å². The van der Waals surface area contributed by atoms with Gasteiger partial charge in [0.15, 0.2) is 11.5 Å². The molecule has 2 N–H and O–H groups in total. The molecular weight excluding hydrogens is 386 g/mol. The first-order valence-electron chi connectivity index (χ1n) is 9.59. The smallest absolute Gasteiger partial charge is 0.245 e. The monoisotopic (exact) mass is 405 g/mol. The predicted molar refractivity (Wildman–Crippen MR) is 108 cm³/mol. The summed E-state index contributed by atoms with van der Waals surface area (Å²) < 4.78 is 10.7. The minimum absolute atomic E-state index is 0.0339. The molecule has 1 aromatic heterocycles. The molecule has 2 amide bonds. The average molecular weight is 405 g/mol. The molecule has 0 spiro atoms. The van der Waals surface area contributed by atoms with E-state index in [-0.39, 0.29) is 37.4 Å². The van der Waals surface area contributed by atoms with Crippen LogP contribution in [0.2, 0.25) is 0 Å². The lowest BCUT2D eigenvalue weighted by Gasteiger charge is -2.29. The molecule has 3 aromatic rings. The number of hydrogen-bond acceptors (Lipinski definition) is 5. The molecule has 8 heteroatoms. The maximum absolute atomic E-state index is 13.4. The van der Waals surface area contributed by atoms with Crippen LogP contribution in [0.4, 0.5) is 0 Å². The molecular formula is C22H19N3O5. The molecule has 1 unspecified atom stereocenters. The second-order valence-corrected chi connectivity index (χ2v) is 7.44. The lowest BCUT2D eigenvalue weighted by atomic mass is 9.96. The molecule has 0 bridgehead atoms. The Kier molecular flexibility index (Phi) is 4.20. The molecule has 1 atom stereocenters. The average Bonchev–Trinajstić information content (AvgIpc) is 3.35. The second-order valence-electron chi connectivity index (χ2n) is 7.44. The Morgan fingerprint density at radius 2 is 1.93 bits per heavy atom. The molecule has 0 saturated carbocycles. The van der Waals surface area contributed by atoms with Gasteiger partial charge in [-0.1, -0.05) is 18.2 Å². The molecule has 0 aliphatic carbocycles. The standard InChI is InChI=1S/C22H19N3O5/c1-25-10-19(26)23-16(22(25)28)9-14-13-4-2-3-5-15(13)24-20(14)21(27)12-6-7-17-18(8-12)30-11-29-17/h2-8,16,24H,9-11H2,1H3,(H,23,26). The van der Waals surface area contributed by atoms with Crippen LogP contribution in [0.15, 0.2) is 42.5 Å². The fraction of sp³-hybridized carbons (Fsp3) is 0.227. The van der Waals surface area contributed by atoms with Gasteiger partial charge in [0.05, 0.1) is 12.2 Å². The molecule has 2 aliphatic rings. The van der Waals surface area contributed by atoms with E-state index >= 15 is 0 Å². The number of aromatic nitrogens is 1. The molecule has 5 rings (SSSR count). The Morgan fingerprint density at radius 3 is 2.80 bits per heavy atom. The van der Waals surface area contributed by atoms with Crippen molar-refractivity contribution in [3.05, 3.63) is 59.3 Å². The van der Waals surface area contributed by atoms with Gasteiger partial charge in [-0.25, -0.2) is 0 Å². The number of ether oxygens (including phenoxy) is 2. The summed E-state index contributed by atoms with van der Waals surface area (Å²) in [5.41, 5.74) is 2.33. The van der Waals surface area contributed by atoms with Gasteiger partial charge in [0.25, 0.3) is 0 Å². The number of fused-ring (bicyclic) bond motifs is 2. The van der Waals surface area contributed by atoms with Crippen LogP contribution in [0, 0.1) is 0 Å². The van der Waals surface area contributed by atoms with Crippen molar-refractivity contribution in [2.45, 2.75) is 12.5 Å². The number of para-hydroxylation sites is 1. The predicted octanol–water partition coefficient (Wildman–Crippen LogP) is 1.63. The van der Waals surface area contributed by atoms with Gasteiger partial charge in [-0.15, -0.1) is 0 Å². The number of amides is 2. The van der Waals surface area contributed by atoms with Crippen molar-refractivity contribution in [3.63, 3.8) is 0 Å². The first kappa shape index (κ1) is 18.2. The molecule has 2 aliphatic heterocycles. The number of carbonyl (C=O) groups is 3. The van der Waals surface area contributed by atoms with Gasteiger partial charge in [0, 0.05) is 29.9 Å². The van der Waals surface area contributed by atoms with Crippen molar-refractivity contribution in [1.29, 1.82) is 0 Å². The third-order valence-electron chi connectivity index (χ3n) is 5.47. The Bertz CT molecular complexity index is 1200. The van der Waals surface area contributed by atoms with Crippen LogP contribution in [0.5, 0.6) is 11.5 Å². The fourth-order valence-electron chi connectivity index (χ4n) is 3.99. The topological polar surface area (TPSA) is 101 Å². The minimum atomic E-state index is -0.723. The highest BCUT2D eigenvalue weighted by Crippen LogP contribution is 2.34. The van der Waals surface area contributed by atoms with Crippen LogP contribution in [0.3, 0.4) is 0 Å². The Balaban J connectivity index is 1.56. The number of ketones is 1. The van der Waals surface area contributed by atoms with E-state index in [9.17, 15) is 14.4 Å². The van der Waals surface area contributed by atoms with Crippen molar-refractivity contribution < 1.29 is 23.9 Å². The lowest BCUT2D eigenvalue weighted by Crippen LogP contribution is -2.57. The van der Waals surface area contributed by atoms with Gasteiger partial charge < -0.3 is 24.7 Å². The van der Waals surface area contributed by atoms with Gasteiger partial charge in [-0.05, 0) is 29.8 Å². The largest absolute Gasteiger partial charge is 0.454 e. The maximum atomic E-state index is 13.4. The van der Waals surface area contributed by atoms with Crippen molar-refractivity contribution >= 4 is 28.5 Å². The number of aromatic amines is 1. The van der Waals surface area contributed by atoms with Crippen LogP contribution >= 0.6 is 0 Å².